The van der Waals surface area contributed by atoms with E-state index in [9.17, 15) is 4.79 Å². The van der Waals surface area contributed by atoms with Gasteiger partial charge >= 0.3 is 5.97 Å². The zero-order valence-corrected chi connectivity index (χ0v) is 9.74. The van der Waals surface area contributed by atoms with Crippen LogP contribution in [0.15, 0.2) is 27.6 Å². The maximum Gasteiger partial charge on any atom is 0.340 e. The lowest BCUT2D eigenvalue weighted by Gasteiger charge is -2.06. The number of esters is 1. The second kappa shape index (κ2) is 4.67. The summed E-state index contributed by atoms with van der Waals surface area (Å²) in [5.41, 5.74) is 0.595. The average Bonchev–Trinajstić information content (AvgIpc) is 2.16. The Balaban J connectivity index is 3.22. The second-order valence-electron chi connectivity index (χ2n) is 2.31. The summed E-state index contributed by atoms with van der Waals surface area (Å²) < 4.78 is 5.45. The normalized spacial score (nSPS) is 9.77. The molecule has 0 saturated heterocycles. The number of carbonyl (C=O) groups is 1. The molecule has 13 heavy (non-hydrogen) atoms. The van der Waals surface area contributed by atoms with Crippen molar-refractivity contribution in [3.05, 3.63) is 28.2 Å². The molecular weight excluding hydrogens is 252 g/mol. The highest BCUT2D eigenvalue weighted by Crippen LogP contribution is 2.27. The van der Waals surface area contributed by atoms with Crippen molar-refractivity contribution in [3.63, 3.8) is 0 Å². The van der Waals surface area contributed by atoms with E-state index in [0.717, 1.165) is 9.37 Å². The first-order chi connectivity index (χ1) is 6.20. The predicted octanol–water partition coefficient (Wildman–Crippen LogP) is 2.96. The highest BCUT2D eigenvalue weighted by atomic mass is 79.9. The van der Waals surface area contributed by atoms with Crippen molar-refractivity contribution in [2.75, 3.05) is 13.4 Å². The summed E-state index contributed by atoms with van der Waals surface area (Å²) in [6.45, 7) is 0. The van der Waals surface area contributed by atoms with Gasteiger partial charge in [-0.1, -0.05) is 6.07 Å². The first-order valence-electron chi connectivity index (χ1n) is 3.61. The zero-order chi connectivity index (χ0) is 9.84. The molecule has 1 aromatic rings. The number of thioether (sulfide) groups is 1. The lowest BCUT2D eigenvalue weighted by molar-refractivity contribution is 0.0595. The summed E-state index contributed by atoms with van der Waals surface area (Å²) in [6, 6.07) is 5.61. The molecule has 2 nitrogen and oxygen atoms in total. The number of methoxy groups -OCH3 is 1. The number of hydrogen-bond donors (Lipinski definition) is 0. The molecule has 0 N–H and O–H groups in total. The fraction of sp³-hybridized carbons (Fsp3) is 0.222. The van der Waals surface area contributed by atoms with E-state index in [1.165, 1.54) is 18.9 Å². The molecule has 1 aromatic carbocycles. The van der Waals surface area contributed by atoms with Gasteiger partial charge in [0.1, 0.15) is 0 Å². The minimum Gasteiger partial charge on any atom is -0.465 e. The molecule has 0 saturated carbocycles. The minimum absolute atomic E-state index is 0.308. The van der Waals surface area contributed by atoms with Crippen molar-refractivity contribution in [1.29, 1.82) is 0 Å². The van der Waals surface area contributed by atoms with Crippen molar-refractivity contribution in [1.82, 2.24) is 0 Å². The molecule has 70 valence electrons. The number of benzene rings is 1. The Hall–Kier alpha value is -0.480. The van der Waals surface area contributed by atoms with Gasteiger partial charge in [0.05, 0.1) is 12.7 Å². The lowest BCUT2D eigenvalue weighted by atomic mass is 10.2. The Morgan fingerprint density at radius 3 is 2.77 bits per heavy atom. The third-order valence-electron chi connectivity index (χ3n) is 1.58. The smallest absolute Gasteiger partial charge is 0.340 e. The molecule has 0 fully saturated rings. The van der Waals surface area contributed by atoms with Gasteiger partial charge in [-0.3, -0.25) is 0 Å². The molecule has 0 aliphatic heterocycles. The molecule has 0 spiro atoms. The van der Waals surface area contributed by atoms with Crippen LogP contribution >= 0.6 is 27.7 Å². The minimum atomic E-state index is -0.308. The van der Waals surface area contributed by atoms with Gasteiger partial charge in [-0.15, -0.1) is 11.8 Å². The fourth-order valence-corrected chi connectivity index (χ4v) is 2.25. The van der Waals surface area contributed by atoms with Crippen LogP contribution in [-0.4, -0.2) is 19.3 Å². The Labute approximate surface area is 89.8 Å². The highest BCUT2D eigenvalue weighted by molar-refractivity contribution is 9.10. The van der Waals surface area contributed by atoms with Gasteiger partial charge in [0.25, 0.3) is 0 Å². The van der Waals surface area contributed by atoms with Crippen LogP contribution in [0.25, 0.3) is 0 Å². The molecule has 0 aliphatic carbocycles. The van der Waals surface area contributed by atoms with Crippen LogP contribution < -0.4 is 0 Å². The van der Waals surface area contributed by atoms with Crippen LogP contribution in [0.5, 0.6) is 0 Å². The van der Waals surface area contributed by atoms with E-state index in [2.05, 4.69) is 20.7 Å². The molecule has 4 heteroatoms. The summed E-state index contributed by atoms with van der Waals surface area (Å²) in [5.74, 6) is -0.308. The van der Waals surface area contributed by atoms with Gasteiger partial charge in [0.15, 0.2) is 0 Å². The van der Waals surface area contributed by atoms with E-state index in [1.807, 2.05) is 24.5 Å². The lowest BCUT2D eigenvalue weighted by Crippen LogP contribution is -2.03. The number of halogens is 1. The maximum atomic E-state index is 11.3. The van der Waals surface area contributed by atoms with E-state index in [4.69, 9.17) is 0 Å². The SMILES string of the molecule is COC(=O)c1c(Br)cccc1SC. The first-order valence-corrected chi connectivity index (χ1v) is 5.63. The number of ether oxygens (including phenoxy) is 1. The van der Waals surface area contributed by atoms with Crippen LogP contribution in [0.4, 0.5) is 0 Å². The average molecular weight is 261 g/mol. The van der Waals surface area contributed by atoms with E-state index in [-0.39, 0.29) is 5.97 Å². The van der Waals surface area contributed by atoms with Crippen LogP contribution in [0.2, 0.25) is 0 Å². The third-order valence-corrected chi connectivity index (χ3v) is 3.03. The Morgan fingerprint density at radius 1 is 1.54 bits per heavy atom. The molecule has 0 heterocycles. The van der Waals surface area contributed by atoms with Crippen LogP contribution in [0.1, 0.15) is 10.4 Å². The molecular formula is C9H9BrO2S. The Bertz CT molecular complexity index is 325. The third kappa shape index (κ3) is 2.25. The van der Waals surface area contributed by atoms with Crippen molar-refractivity contribution < 1.29 is 9.53 Å². The van der Waals surface area contributed by atoms with Crippen LogP contribution in [0, 0.1) is 0 Å². The number of carbonyl (C=O) groups excluding carboxylic acids is 1. The van der Waals surface area contributed by atoms with E-state index >= 15 is 0 Å². The summed E-state index contributed by atoms with van der Waals surface area (Å²) in [7, 11) is 1.38. The van der Waals surface area contributed by atoms with Crippen molar-refractivity contribution >= 4 is 33.7 Å². The van der Waals surface area contributed by atoms with E-state index in [1.54, 1.807) is 0 Å². The van der Waals surface area contributed by atoms with Crippen molar-refractivity contribution in [2.24, 2.45) is 0 Å². The topological polar surface area (TPSA) is 26.3 Å². The summed E-state index contributed by atoms with van der Waals surface area (Å²) >= 11 is 4.84. The van der Waals surface area contributed by atoms with Gasteiger partial charge in [-0.05, 0) is 34.3 Å². The fourth-order valence-electron chi connectivity index (χ4n) is 0.975. The van der Waals surface area contributed by atoms with Crippen molar-refractivity contribution in [3.8, 4) is 0 Å². The van der Waals surface area contributed by atoms with Crippen LogP contribution in [-0.2, 0) is 4.74 Å². The van der Waals surface area contributed by atoms with Crippen molar-refractivity contribution in [2.45, 2.75) is 4.90 Å². The van der Waals surface area contributed by atoms with E-state index < -0.39 is 0 Å². The number of hydrogen-bond acceptors (Lipinski definition) is 3. The summed E-state index contributed by atoms with van der Waals surface area (Å²) in [4.78, 5) is 12.3. The molecule has 0 bridgehead atoms. The monoisotopic (exact) mass is 260 g/mol. The van der Waals surface area contributed by atoms with Gasteiger partial charge < -0.3 is 4.74 Å². The van der Waals surface area contributed by atoms with Crippen LogP contribution in [0.3, 0.4) is 0 Å². The molecule has 0 unspecified atom stereocenters. The molecule has 1 rings (SSSR count). The molecule has 0 aliphatic rings. The molecule has 0 atom stereocenters. The van der Waals surface area contributed by atoms with Gasteiger partial charge in [0.2, 0.25) is 0 Å². The molecule has 0 radical (unpaired) electrons. The number of rotatable bonds is 2. The summed E-state index contributed by atoms with van der Waals surface area (Å²) in [5, 5.41) is 0. The predicted molar refractivity (Wildman–Crippen MR) is 57.3 cm³/mol. The largest absolute Gasteiger partial charge is 0.465 e. The quantitative estimate of drug-likeness (QED) is 0.604. The Kier molecular flexibility index (Phi) is 3.81. The first kappa shape index (κ1) is 10.6. The molecule has 0 aromatic heterocycles. The standard InChI is InChI=1S/C9H9BrO2S/c1-12-9(11)8-6(10)4-3-5-7(8)13-2/h3-5H,1-2H3. The van der Waals surface area contributed by atoms with Gasteiger partial charge in [0, 0.05) is 9.37 Å². The maximum absolute atomic E-state index is 11.3. The summed E-state index contributed by atoms with van der Waals surface area (Å²) in [6.07, 6.45) is 1.92. The van der Waals surface area contributed by atoms with Gasteiger partial charge in [-0.2, -0.15) is 0 Å². The van der Waals surface area contributed by atoms with Gasteiger partial charge in [-0.25, -0.2) is 4.79 Å². The molecule has 0 amide bonds. The second-order valence-corrected chi connectivity index (χ2v) is 4.01. The zero-order valence-electron chi connectivity index (χ0n) is 7.33. The Morgan fingerprint density at radius 2 is 2.23 bits per heavy atom. The van der Waals surface area contributed by atoms with E-state index in [0.29, 0.717) is 5.56 Å². The highest BCUT2D eigenvalue weighted by Gasteiger charge is 2.14.